The maximum atomic E-state index is 13.6. The van der Waals surface area contributed by atoms with Crippen LogP contribution in [0.1, 0.15) is 59.1 Å². The fourth-order valence-electron chi connectivity index (χ4n) is 4.04. The van der Waals surface area contributed by atoms with Crippen molar-refractivity contribution in [1.29, 1.82) is 0 Å². The number of rotatable bonds is 7. The Kier molecular flexibility index (Phi) is 7.10. The second-order valence-electron chi connectivity index (χ2n) is 7.79. The molecule has 2 amide bonds. The molecule has 1 aromatic carbocycles. The normalized spacial score (nSPS) is 15.4. The lowest BCUT2D eigenvalue weighted by atomic mass is 9.94. The Balaban J connectivity index is 1.70. The molecule has 31 heavy (non-hydrogen) atoms. The first-order valence-electron chi connectivity index (χ1n) is 10.5. The average Bonchev–Trinajstić information content (AvgIpc) is 3.49. The van der Waals surface area contributed by atoms with Gasteiger partial charge in [-0.2, -0.15) is 0 Å². The van der Waals surface area contributed by atoms with Crippen LogP contribution in [-0.2, 0) is 11.3 Å². The molecule has 1 atom stereocenters. The smallest absolute Gasteiger partial charge is 0.290 e. The van der Waals surface area contributed by atoms with Crippen molar-refractivity contribution in [3.63, 3.8) is 0 Å². The van der Waals surface area contributed by atoms with Gasteiger partial charge in [-0.15, -0.1) is 11.3 Å². The van der Waals surface area contributed by atoms with E-state index in [1.165, 1.54) is 12.7 Å². The van der Waals surface area contributed by atoms with Gasteiger partial charge in [-0.1, -0.05) is 49.1 Å². The molecule has 2 aromatic heterocycles. The van der Waals surface area contributed by atoms with Gasteiger partial charge in [-0.3, -0.25) is 9.59 Å². The fraction of sp³-hybridized carbons (Fsp3) is 0.333. The summed E-state index contributed by atoms with van der Waals surface area (Å²) in [6, 6.07) is 13.7. The summed E-state index contributed by atoms with van der Waals surface area (Å²) in [6.07, 6.45) is 6.83. The molecule has 1 saturated carbocycles. The first kappa shape index (κ1) is 21.7. The first-order valence-corrected chi connectivity index (χ1v) is 11.8. The standard InChI is InChI=1S/C24H25ClN2O3S/c25-18-12-10-17(11-13-18)22(23(28)26-19-6-2-1-3-7-19)27(16-20-8-5-15-31-20)24(29)21-9-4-14-30-21/h4-5,8-15,19,22H,1-3,6-7,16H2,(H,26,28)/t22-/m1/s1. The van der Waals surface area contributed by atoms with Crippen molar-refractivity contribution in [2.45, 2.75) is 50.7 Å². The van der Waals surface area contributed by atoms with Gasteiger partial charge in [0, 0.05) is 15.9 Å². The van der Waals surface area contributed by atoms with Gasteiger partial charge in [0.1, 0.15) is 6.04 Å². The van der Waals surface area contributed by atoms with E-state index < -0.39 is 6.04 Å². The van der Waals surface area contributed by atoms with E-state index in [0.717, 1.165) is 30.6 Å². The number of benzene rings is 1. The lowest BCUT2D eigenvalue weighted by Gasteiger charge is -2.32. The van der Waals surface area contributed by atoms with Crippen molar-refractivity contribution in [3.05, 3.63) is 81.4 Å². The van der Waals surface area contributed by atoms with Crippen LogP contribution in [0.25, 0.3) is 0 Å². The van der Waals surface area contributed by atoms with E-state index in [-0.39, 0.29) is 23.6 Å². The Morgan fingerprint density at radius 3 is 2.52 bits per heavy atom. The van der Waals surface area contributed by atoms with E-state index in [0.29, 0.717) is 17.1 Å². The Hall–Kier alpha value is -2.57. The number of nitrogens with zero attached hydrogens (tertiary/aromatic N) is 1. The number of nitrogens with one attached hydrogen (secondary N) is 1. The predicted molar refractivity (Wildman–Crippen MR) is 122 cm³/mol. The molecular formula is C24H25ClN2O3S. The van der Waals surface area contributed by atoms with Crippen LogP contribution in [0, 0.1) is 0 Å². The fourth-order valence-corrected chi connectivity index (χ4v) is 4.87. The monoisotopic (exact) mass is 456 g/mol. The summed E-state index contributed by atoms with van der Waals surface area (Å²) in [4.78, 5) is 29.6. The summed E-state index contributed by atoms with van der Waals surface area (Å²) in [7, 11) is 0. The second kappa shape index (κ2) is 10.2. The van der Waals surface area contributed by atoms with Crippen LogP contribution in [-0.4, -0.2) is 22.8 Å². The van der Waals surface area contributed by atoms with Crippen LogP contribution in [0.2, 0.25) is 5.02 Å². The summed E-state index contributed by atoms with van der Waals surface area (Å²) < 4.78 is 5.39. The number of hydrogen-bond acceptors (Lipinski definition) is 4. The lowest BCUT2D eigenvalue weighted by Crippen LogP contribution is -2.46. The summed E-state index contributed by atoms with van der Waals surface area (Å²) in [5.41, 5.74) is 0.717. The lowest BCUT2D eigenvalue weighted by molar-refractivity contribution is -0.127. The molecule has 1 N–H and O–H groups in total. The summed E-state index contributed by atoms with van der Waals surface area (Å²) in [6.45, 7) is 0.308. The van der Waals surface area contributed by atoms with Gasteiger partial charge in [-0.25, -0.2) is 0 Å². The third kappa shape index (κ3) is 5.38. The maximum absolute atomic E-state index is 13.6. The highest BCUT2D eigenvalue weighted by Gasteiger charge is 2.34. The number of hydrogen-bond donors (Lipinski definition) is 1. The van der Waals surface area contributed by atoms with Crippen molar-refractivity contribution in [2.24, 2.45) is 0 Å². The number of halogens is 1. The second-order valence-corrected chi connectivity index (χ2v) is 9.26. The molecule has 0 bridgehead atoms. The number of furan rings is 1. The highest BCUT2D eigenvalue weighted by Crippen LogP contribution is 2.29. The van der Waals surface area contributed by atoms with Crippen molar-refractivity contribution >= 4 is 34.8 Å². The SMILES string of the molecule is O=C(NC1CCCCC1)[C@@H](c1ccc(Cl)cc1)N(Cc1cccs1)C(=O)c1ccco1. The van der Waals surface area contributed by atoms with E-state index in [2.05, 4.69) is 5.32 Å². The Bertz CT molecular complexity index is 981. The third-order valence-electron chi connectivity index (χ3n) is 5.60. The molecule has 2 heterocycles. The van der Waals surface area contributed by atoms with Crippen LogP contribution >= 0.6 is 22.9 Å². The zero-order chi connectivity index (χ0) is 21.6. The predicted octanol–water partition coefficient (Wildman–Crippen LogP) is 5.83. The van der Waals surface area contributed by atoms with Gasteiger partial charge < -0.3 is 14.6 Å². The molecule has 1 fully saturated rings. The minimum Gasteiger partial charge on any atom is -0.459 e. The maximum Gasteiger partial charge on any atom is 0.290 e. The molecule has 0 radical (unpaired) electrons. The Morgan fingerprint density at radius 2 is 1.87 bits per heavy atom. The molecule has 7 heteroatoms. The summed E-state index contributed by atoms with van der Waals surface area (Å²) in [5, 5.41) is 5.74. The van der Waals surface area contributed by atoms with E-state index in [9.17, 15) is 9.59 Å². The highest BCUT2D eigenvalue weighted by molar-refractivity contribution is 7.09. The minimum atomic E-state index is -0.793. The molecule has 162 valence electrons. The van der Waals surface area contributed by atoms with E-state index in [1.807, 2.05) is 29.6 Å². The van der Waals surface area contributed by atoms with Gasteiger partial charge in [0.2, 0.25) is 5.91 Å². The van der Waals surface area contributed by atoms with Crippen LogP contribution in [0.15, 0.2) is 64.6 Å². The minimum absolute atomic E-state index is 0.137. The topological polar surface area (TPSA) is 62.6 Å². The van der Waals surface area contributed by atoms with Gasteiger partial charge in [-0.05, 0) is 54.1 Å². The van der Waals surface area contributed by atoms with Crippen molar-refractivity contribution in [2.75, 3.05) is 0 Å². The van der Waals surface area contributed by atoms with E-state index in [1.54, 1.807) is 40.5 Å². The van der Waals surface area contributed by atoms with Crippen molar-refractivity contribution in [1.82, 2.24) is 10.2 Å². The zero-order valence-corrected chi connectivity index (χ0v) is 18.7. The Labute approximate surface area is 191 Å². The number of amides is 2. The summed E-state index contributed by atoms with van der Waals surface area (Å²) in [5.74, 6) is -0.288. The summed E-state index contributed by atoms with van der Waals surface area (Å²) >= 11 is 7.65. The molecule has 4 rings (SSSR count). The molecular weight excluding hydrogens is 432 g/mol. The quantitative estimate of drug-likeness (QED) is 0.486. The van der Waals surface area contributed by atoms with Crippen LogP contribution in [0.5, 0.6) is 0 Å². The van der Waals surface area contributed by atoms with Crippen molar-refractivity contribution in [3.8, 4) is 0 Å². The first-order chi connectivity index (χ1) is 15.1. The Morgan fingerprint density at radius 1 is 1.10 bits per heavy atom. The van der Waals surface area contributed by atoms with Gasteiger partial charge in [0.25, 0.3) is 5.91 Å². The largest absolute Gasteiger partial charge is 0.459 e. The van der Waals surface area contributed by atoms with E-state index in [4.69, 9.17) is 16.0 Å². The number of thiophene rings is 1. The van der Waals surface area contributed by atoms with Gasteiger partial charge in [0.15, 0.2) is 5.76 Å². The average molecular weight is 457 g/mol. The van der Waals surface area contributed by atoms with Crippen LogP contribution < -0.4 is 5.32 Å². The number of carbonyl (C=O) groups excluding carboxylic acids is 2. The third-order valence-corrected chi connectivity index (χ3v) is 6.71. The van der Waals surface area contributed by atoms with Crippen LogP contribution in [0.3, 0.4) is 0 Å². The molecule has 5 nitrogen and oxygen atoms in total. The zero-order valence-electron chi connectivity index (χ0n) is 17.1. The molecule has 0 spiro atoms. The number of carbonyl (C=O) groups is 2. The van der Waals surface area contributed by atoms with E-state index >= 15 is 0 Å². The molecule has 1 aliphatic carbocycles. The van der Waals surface area contributed by atoms with Gasteiger partial charge >= 0.3 is 0 Å². The van der Waals surface area contributed by atoms with Crippen LogP contribution in [0.4, 0.5) is 0 Å². The van der Waals surface area contributed by atoms with Gasteiger partial charge in [0.05, 0.1) is 12.8 Å². The molecule has 0 saturated heterocycles. The molecule has 0 unspecified atom stereocenters. The molecule has 1 aliphatic rings. The van der Waals surface area contributed by atoms with Crippen molar-refractivity contribution < 1.29 is 14.0 Å². The molecule has 3 aromatic rings. The molecule has 0 aliphatic heterocycles. The highest BCUT2D eigenvalue weighted by atomic mass is 35.5.